The zero-order chi connectivity index (χ0) is 19.7. The van der Waals surface area contributed by atoms with Gasteiger partial charge in [0.15, 0.2) is 0 Å². The van der Waals surface area contributed by atoms with Crippen LogP contribution in [0.5, 0.6) is 0 Å². The Morgan fingerprint density at radius 2 is 2.00 bits per heavy atom. The first kappa shape index (κ1) is 18.9. The molecular formula is C18H24N6O3S. The molecule has 0 atom stereocenters. The monoisotopic (exact) mass is 404 g/mol. The van der Waals surface area contributed by atoms with Gasteiger partial charge >= 0.3 is 0 Å². The van der Waals surface area contributed by atoms with Crippen molar-refractivity contribution < 1.29 is 13.2 Å². The second-order valence-corrected chi connectivity index (χ2v) is 9.26. The number of rotatable bonds is 4. The van der Waals surface area contributed by atoms with Crippen LogP contribution in [0.2, 0.25) is 0 Å². The maximum atomic E-state index is 11.8. The number of hydrogen-bond donors (Lipinski definition) is 2. The van der Waals surface area contributed by atoms with Gasteiger partial charge in [-0.25, -0.2) is 22.7 Å². The quantitative estimate of drug-likeness (QED) is 0.760. The van der Waals surface area contributed by atoms with Crippen LogP contribution >= 0.6 is 0 Å². The summed E-state index contributed by atoms with van der Waals surface area (Å²) in [5, 5.41) is 8.17. The minimum Gasteiger partial charge on any atom is -0.367 e. The molecule has 150 valence electrons. The lowest BCUT2D eigenvalue weighted by Crippen LogP contribution is -2.48. The number of aromatic nitrogens is 2. The summed E-state index contributed by atoms with van der Waals surface area (Å²) in [4.78, 5) is 22.7. The Labute approximate surface area is 164 Å². The second-order valence-electron chi connectivity index (χ2n) is 7.28. The normalized spacial score (nSPS) is 19.6. The minimum absolute atomic E-state index is 0.00454. The van der Waals surface area contributed by atoms with Crippen LogP contribution in [0.15, 0.2) is 24.5 Å². The number of hydrogen-bond acceptors (Lipinski definition) is 7. The predicted molar refractivity (Wildman–Crippen MR) is 108 cm³/mol. The van der Waals surface area contributed by atoms with Crippen LogP contribution in [0.25, 0.3) is 10.8 Å². The van der Waals surface area contributed by atoms with Crippen molar-refractivity contribution in [2.75, 3.05) is 49.2 Å². The van der Waals surface area contributed by atoms with E-state index in [1.54, 1.807) is 12.4 Å². The van der Waals surface area contributed by atoms with E-state index in [0.717, 1.165) is 35.2 Å². The molecule has 0 spiro atoms. The fourth-order valence-corrected chi connectivity index (χ4v) is 4.62. The molecule has 4 rings (SSSR count). The largest absolute Gasteiger partial charge is 0.367 e. The summed E-state index contributed by atoms with van der Waals surface area (Å²) in [6, 6.07) is 4.04. The first-order chi connectivity index (χ1) is 13.4. The topological polar surface area (TPSA) is 108 Å². The number of carbonyl (C=O) groups excluding carboxylic acids is 1. The summed E-state index contributed by atoms with van der Waals surface area (Å²) in [5.74, 6) is 1.51. The van der Waals surface area contributed by atoms with Gasteiger partial charge < -0.3 is 15.5 Å². The van der Waals surface area contributed by atoms with Gasteiger partial charge in [0.1, 0.15) is 11.6 Å². The fraction of sp³-hybridized carbons (Fsp3) is 0.500. The average Bonchev–Trinajstić information content (AvgIpc) is 2.67. The van der Waals surface area contributed by atoms with E-state index in [9.17, 15) is 13.2 Å². The number of fused-ring (bicyclic) bond motifs is 1. The van der Waals surface area contributed by atoms with E-state index in [4.69, 9.17) is 0 Å². The number of piperazine rings is 1. The number of piperidine rings is 1. The highest BCUT2D eigenvalue weighted by atomic mass is 32.2. The van der Waals surface area contributed by atoms with Crippen LogP contribution in [0, 0.1) is 0 Å². The van der Waals surface area contributed by atoms with Gasteiger partial charge in [0.2, 0.25) is 15.9 Å². The van der Waals surface area contributed by atoms with Crippen LogP contribution in [0.4, 0.5) is 11.6 Å². The van der Waals surface area contributed by atoms with Gasteiger partial charge in [-0.1, -0.05) is 0 Å². The van der Waals surface area contributed by atoms with E-state index in [0.29, 0.717) is 32.7 Å². The highest BCUT2D eigenvalue weighted by molar-refractivity contribution is 7.88. The summed E-state index contributed by atoms with van der Waals surface area (Å²) >= 11 is 0. The summed E-state index contributed by atoms with van der Waals surface area (Å²) in [7, 11) is -3.13. The molecule has 10 heteroatoms. The third-order valence-corrected chi connectivity index (χ3v) is 6.54. The van der Waals surface area contributed by atoms with Crippen molar-refractivity contribution in [3.63, 3.8) is 0 Å². The van der Waals surface area contributed by atoms with Crippen LogP contribution in [0.1, 0.15) is 12.8 Å². The smallest absolute Gasteiger partial charge is 0.239 e. The van der Waals surface area contributed by atoms with Crippen LogP contribution < -0.4 is 15.5 Å². The van der Waals surface area contributed by atoms with E-state index in [1.807, 2.05) is 17.0 Å². The number of pyridine rings is 2. The maximum absolute atomic E-state index is 11.8. The Morgan fingerprint density at radius 1 is 1.21 bits per heavy atom. The van der Waals surface area contributed by atoms with Crippen molar-refractivity contribution in [3.8, 4) is 0 Å². The van der Waals surface area contributed by atoms with Gasteiger partial charge in [-0.15, -0.1) is 0 Å². The number of anilines is 2. The molecule has 2 aromatic heterocycles. The lowest BCUT2D eigenvalue weighted by Gasteiger charge is -2.31. The Balaban J connectivity index is 1.53. The van der Waals surface area contributed by atoms with Crippen molar-refractivity contribution >= 4 is 38.3 Å². The molecule has 2 N–H and O–H groups in total. The number of amides is 1. The van der Waals surface area contributed by atoms with E-state index in [-0.39, 0.29) is 11.9 Å². The van der Waals surface area contributed by atoms with E-state index in [1.165, 1.54) is 10.6 Å². The van der Waals surface area contributed by atoms with Crippen molar-refractivity contribution in [2.45, 2.75) is 18.9 Å². The third kappa shape index (κ3) is 4.02. The maximum Gasteiger partial charge on any atom is 0.239 e. The number of nitrogens with zero attached hydrogens (tertiary/aromatic N) is 4. The van der Waals surface area contributed by atoms with Gasteiger partial charge in [-0.2, -0.15) is 0 Å². The van der Waals surface area contributed by atoms with Crippen molar-refractivity contribution in [1.29, 1.82) is 0 Å². The zero-order valence-electron chi connectivity index (χ0n) is 15.8. The number of nitrogens with one attached hydrogen (secondary N) is 2. The molecule has 0 saturated carbocycles. The molecule has 9 nitrogen and oxygen atoms in total. The SMILES string of the molecule is CS(=O)(=O)N1CCC(Nc2cc3c(N4CCNC(=O)C4)nccc3cn2)CC1. The lowest BCUT2D eigenvalue weighted by molar-refractivity contribution is -0.120. The summed E-state index contributed by atoms with van der Waals surface area (Å²) < 4.78 is 24.8. The van der Waals surface area contributed by atoms with Gasteiger partial charge in [-0.3, -0.25) is 4.79 Å². The number of carbonyl (C=O) groups is 1. The minimum atomic E-state index is -3.13. The molecule has 0 radical (unpaired) electrons. The predicted octanol–water partition coefficient (Wildman–Crippen LogP) is 0.402. The average molecular weight is 404 g/mol. The molecule has 1 amide bonds. The highest BCUT2D eigenvalue weighted by Gasteiger charge is 2.25. The lowest BCUT2D eigenvalue weighted by atomic mass is 10.1. The molecule has 0 bridgehead atoms. The van der Waals surface area contributed by atoms with E-state index >= 15 is 0 Å². The molecule has 4 heterocycles. The molecule has 0 unspecified atom stereocenters. The molecule has 2 aromatic rings. The van der Waals surface area contributed by atoms with Gasteiger partial charge in [0.05, 0.1) is 12.8 Å². The number of sulfonamides is 1. The Hall–Kier alpha value is -2.46. The highest BCUT2D eigenvalue weighted by Crippen LogP contribution is 2.27. The molecule has 0 aliphatic carbocycles. The van der Waals surface area contributed by atoms with E-state index < -0.39 is 10.0 Å². The van der Waals surface area contributed by atoms with E-state index in [2.05, 4.69) is 20.6 Å². The van der Waals surface area contributed by atoms with Crippen LogP contribution in [0.3, 0.4) is 0 Å². The van der Waals surface area contributed by atoms with Crippen molar-refractivity contribution in [1.82, 2.24) is 19.6 Å². The second kappa shape index (κ2) is 7.51. The first-order valence-electron chi connectivity index (χ1n) is 9.38. The standard InChI is InChI=1S/C18H24N6O3S/c1-28(26,27)24-7-3-14(4-8-24)22-16-10-15-13(11-21-16)2-5-20-18(15)23-9-6-19-17(25)12-23/h2,5,10-11,14H,3-4,6-9,12H2,1H3,(H,19,25)(H,21,22). The Kier molecular flexibility index (Phi) is 5.07. The molecule has 2 aliphatic rings. The molecule has 28 heavy (non-hydrogen) atoms. The van der Waals surface area contributed by atoms with Gasteiger partial charge in [0.25, 0.3) is 0 Å². The fourth-order valence-electron chi connectivity index (χ4n) is 3.74. The first-order valence-corrected chi connectivity index (χ1v) is 11.2. The zero-order valence-corrected chi connectivity index (χ0v) is 16.6. The van der Waals surface area contributed by atoms with Gasteiger partial charge in [0, 0.05) is 55.4 Å². The van der Waals surface area contributed by atoms with Gasteiger partial charge in [-0.05, 0) is 25.0 Å². The van der Waals surface area contributed by atoms with Crippen LogP contribution in [-0.4, -0.2) is 73.6 Å². The Morgan fingerprint density at radius 3 is 2.71 bits per heavy atom. The summed E-state index contributed by atoms with van der Waals surface area (Å²) in [6.45, 7) is 2.64. The van der Waals surface area contributed by atoms with Crippen LogP contribution in [-0.2, 0) is 14.8 Å². The molecular weight excluding hydrogens is 380 g/mol. The molecule has 2 saturated heterocycles. The molecule has 2 fully saturated rings. The van der Waals surface area contributed by atoms with Crippen molar-refractivity contribution in [3.05, 3.63) is 24.5 Å². The third-order valence-electron chi connectivity index (χ3n) is 5.24. The van der Waals surface area contributed by atoms with Crippen molar-refractivity contribution in [2.24, 2.45) is 0 Å². The molecule has 0 aromatic carbocycles. The molecule has 2 aliphatic heterocycles. The summed E-state index contributed by atoms with van der Waals surface area (Å²) in [6.07, 6.45) is 6.26. The Bertz CT molecular complexity index is 988. The summed E-state index contributed by atoms with van der Waals surface area (Å²) in [5.41, 5.74) is 0.